The molecule has 2 aromatic rings. The van der Waals surface area contributed by atoms with E-state index in [1.165, 1.54) is 21.3 Å². The normalized spacial score (nSPS) is 21.8. The maximum atomic E-state index is 13.5. The Labute approximate surface area is 197 Å². The Bertz CT molecular complexity index is 1190. The number of nitrogens with one attached hydrogen (secondary N) is 2. The van der Waals surface area contributed by atoms with Gasteiger partial charge in [0.25, 0.3) is 5.56 Å². The van der Waals surface area contributed by atoms with Gasteiger partial charge in [0.15, 0.2) is 11.5 Å². The number of methoxy groups -OCH3 is 3. The number of hydrogen-bond donors (Lipinski definition) is 2. The van der Waals surface area contributed by atoms with Crippen molar-refractivity contribution in [1.29, 1.82) is 5.26 Å². The highest BCUT2D eigenvalue weighted by atomic mass is 16.5. The van der Waals surface area contributed by atoms with Gasteiger partial charge >= 0.3 is 0 Å². The first-order chi connectivity index (χ1) is 16.5. The minimum Gasteiger partial charge on any atom is -0.496 e. The monoisotopic (exact) mass is 467 g/mol. The van der Waals surface area contributed by atoms with E-state index in [4.69, 9.17) is 14.2 Å². The molecule has 0 bridgehead atoms. The number of aromatic amines is 1. The van der Waals surface area contributed by atoms with Gasteiger partial charge in [-0.05, 0) is 31.7 Å². The van der Waals surface area contributed by atoms with Gasteiger partial charge in [-0.15, -0.1) is 0 Å². The van der Waals surface area contributed by atoms with Crippen molar-refractivity contribution in [2.45, 2.75) is 44.6 Å². The Balaban J connectivity index is 1.90. The van der Waals surface area contributed by atoms with Crippen LogP contribution < -0.4 is 30.0 Å². The molecule has 0 radical (unpaired) electrons. The Hall–Kier alpha value is -3.74. The maximum absolute atomic E-state index is 13.5. The van der Waals surface area contributed by atoms with E-state index in [1.807, 2.05) is 0 Å². The summed E-state index contributed by atoms with van der Waals surface area (Å²) in [5, 5.41) is 12.6. The molecule has 0 aliphatic carbocycles. The molecule has 4 rings (SSSR count). The first-order valence-electron chi connectivity index (χ1n) is 11.4. The molecule has 10 heteroatoms. The molecule has 3 unspecified atom stereocenters. The summed E-state index contributed by atoms with van der Waals surface area (Å²) in [6.07, 6.45) is 4.08. The molecule has 1 aromatic heterocycles. The number of fused-ring (bicyclic) bond motifs is 1. The summed E-state index contributed by atoms with van der Waals surface area (Å²) in [5.74, 6) is -0.802. The molecule has 3 heterocycles. The molecule has 2 aliphatic rings. The number of H-pyrrole nitrogens is 1. The lowest BCUT2D eigenvalue weighted by Crippen LogP contribution is -2.43. The maximum Gasteiger partial charge on any atom is 0.258 e. The minimum absolute atomic E-state index is 0.164. The molecule has 0 spiro atoms. The Morgan fingerprint density at radius 3 is 2.47 bits per heavy atom. The zero-order valence-electron chi connectivity index (χ0n) is 19.8. The summed E-state index contributed by atoms with van der Waals surface area (Å²) >= 11 is 0. The number of benzene rings is 1. The van der Waals surface area contributed by atoms with Gasteiger partial charge in [0.1, 0.15) is 17.5 Å². The lowest BCUT2D eigenvalue weighted by Gasteiger charge is -2.36. The van der Waals surface area contributed by atoms with Crippen LogP contribution >= 0.6 is 0 Å². The van der Waals surface area contributed by atoms with E-state index in [9.17, 15) is 14.9 Å². The summed E-state index contributed by atoms with van der Waals surface area (Å²) in [6, 6.07) is 5.57. The summed E-state index contributed by atoms with van der Waals surface area (Å²) in [4.78, 5) is 36.1. The van der Waals surface area contributed by atoms with Crippen LogP contribution in [0.4, 0.5) is 11.8 Å². The van der Waals surface area contributed by atoms with Gasteiger partial charge in [0, 0.05) is 30.1 Å². The van der Waals surface area contributed by atoms with Crippen LogP contribution in [0.3, 0.4) is 0 Å². The SMILES string of the molecule is CCC1CCCCN1c1nc2c(c(=O)[nH]1)C(c1cc(OC)c(OC)cc1OC)C(C#N)C(=O)N2. The lowest BCUT2D eigenvalue weighted by molar-refractivity contribution is -0.119. The molecule has 2 aliphatic heterocycles. The fraction of sp³-hybridized carbons (Fsp3) is 0.500. The number of ether oxygens (including phenoxy) is 3. The number of anilines is 2. The summed E-state index contributed by atoms with van der Waals surface area (Å²) in [6.45, 7) is 2.89. The van der Waals surface area contributed by atoms with Crippen molar-refractivity contribution in [2.24, 2.45) is 5.92 Å². The second kappa shape index (κ2) is 9.63. The Morgan fingerprint density at radius 1 is 1.12 bits per heavy atom. The van der Waals surface area contributed by atoms with Crippen molar-refractivity contribution in [2.75, 3.05) is 38.1 Å². The Morgan fingerprint density at radius 2 is 1.82 bits per heavy atom. The smallest absolute Gasteiger partial charge is 0.258 e. The zero-order valence-corrected chi connectivity index (χ0v) is 19.8. The molecular formula is C24H29N5O5. The zero-order chi connectivity index (χ0) is 24.4. The first kappa shape index (κ1) is 23.4. The average molecular weight is 468 g/mol. The van der Waals surface area contributed by atoms with E-state index in [1.54, 1.807) is 12.1 Å². The number of carbonyl (C=O) groups excluding carboxylic acids is 1. The van der Waals surface area contributed by atoms with Crippen LogP contribution in [-0.4, -0.2) is 49.8 Å². The number of rotatable bonds is 6. The molecule has 1 aromatic carbocycles. The number of hydrogen-bond acceptors (Lipinski definition) is 8. The van der Waals surface area contributed by atoms with Crippen molar-refractivity contribution in [3.05, 3.63) is 33.6 Å². The van der Waals surface area contributed by atoms with Gasteiger partial charge in [0.05, 0.1) is 33.0 Å². The number of carbonyl (C=O) groups is 1. The lowest BCUT2D eigenvalue weighted by atomic mass is 9.78. The van der Waals surface area contributed by atoms with E-state index in [2.05, 4.69) is 33.2 Å². The second-order valence-electron chi connectivity index (χ2n) is 8.43. The molecule has 1 saturated heterocycles. The van der Waals surface area contributed by atoms with E-state index < -0.39 is 23.3 Å². The van der Waals surface area contributed by atoms with Crippen molar-refractivity contribution in [3.63, 3.8) is 0 Å². The number of aromatic nitrogens is 2. The third-order valence-electron chi connectivity index (χ3n) is 6.69. The predicted molar refractivity (Wildman–Crippen MR) is 126 cm³/mol. The fourth-order valence-corrected chi connectivity index (χ4v) is 4.97. The molecule has 1 amide bonds. The first-order valence-corrected chi connectivity index (χ1v) is 11.4. The fourth-order valence-electron chi connectivity index (χ4n) is 4.97. The summed E-state index contributed by atoms with van der Waals surface area (Å²) in [7, 11) is 4.46. The molecular weight excluding hydrogens is 438 g/mol. The third kappa shape index (κ3) is 3.91. The van der Waals surface area contributed by atoms with Crippen molar-refractivity contribution in [3.8, 4) is 23.3 Å². The largest absolute Gasteiger partial charge is 0.496 e. The molecule has 10 nitrogen and oxygen atoms in total. The number of nitriles is 1. The second-order valence-corrected chi connectivity index (χ2v) is 8.43. The topological polar surface area (TPSA) is 130 Å². The van der Waals surface area contributed by atoms with Crippen molar-refractivity contribution >= 4 is 17.7 Å². The van der Waals surface area contributed by atoms with Gasteiger partial charge in [0.2, 0.25) is 11.9 Å². The van der Waals surface area contributed by atoms with Crippen LogP contribution in [0.25, 0.3) is 0 Å². The molecule has 34 heavy (non-hydrogen) atoms. The van der Waals surface area contributed by atoms with Crippen LogP contribution in [0.15, 0.2) is 16.9 Å². The van der Waals surface area contributed by atoms with Gasteiger partial charge in [-0.1, -0.05) is 6.92 Å². The number of piperidine rings is 1. The molecule has 180 valence electrons. The standard InChI is InChI=1S/C24H29N5O5/c1-5-13-8-6-7-9-29(13)24-27-21-20(23(31)28-24)19(15(12-25)22(30)26-21)14-10-17(33-3)18(34-4)11-16(14)32-2/h10-11,13,15,19H,5-9H2,1-4H3,(H2,26,27,28,30,31). The molecule has 0 saturated carbocycles. The molecule has 1 fully saturated rings. The van der Waals surface area contributed by atoms with E-state index in [0.29, 0.717) is 28.8 Å². The highest BCUT2D eigenvalue weighted by molar-refractivity contribution is 5.98. The van der Waals surface area contributed by atoms with Crippen molar-refractivity contribution < 1.29 is 19.0 Å². The summed E-state index contributed by atoms with van der Waals surface area (Å²) < 4.78 is 16.3. The van der Waals surface area contributed by atoms with Gasteiger partial charge < -0.3 is 24.4 Å². The van der Waals surface area contributed by atoms with Gasteiger partial charge in [-0.3, -0.25) is 14.6 Å². The highest BCUT2D eigenvalue weighted by Gasteiger charge is 2.42. The van der Waals surface area contributed by atoms with Crippen molar-refractivity contribution in [1.82, 2.24) is 9.97 Å². The van der Waals surface area contributed by atoms with E-state index >= 15 is 0 Å². The highest BCUT2D eigenvalue weighted by Crippen LogP contribution is 2.45. The Kier molecular flexibility index (Phi) is 6.63. The van der Waals surface area contributed by atoms with Crippen LogP contribution in [0.5, 0.6) is 17.2 Å². The van der Waals surface area contributed by atoms with Crippen LogP contribution in [0, 0.1) is 17.2 Å². The van der Waals surface area contributed by atoms with E-state index in [-0.39, 0.29) is 17.4 Å². The minimum atomic E-state index is -1.16. The number of nitrogens with zero attached hydrogens (tertiary/aromatic N) is 3. The van der Waals surface area contributed by atoms with E-state index in [0.717, 1.165) is 32.2 Å². The number of amides is 1. The third-order valence-corrected chi connectivity index (χ3v) is 6.69. The average Bonchev–Trinajstić information content (AvgIpc) is 2.86. The van der Waals surface area contributed by atoms with Crippen LogP contribution in [0.2, 0.25) is 0 Å². The van der Waals surface area contributed by atoms with Crippen LogP contribution in [-0.2, 0) is 4.79 Å². The van der Waals surface area contributed by atoms with Gasteiger partial charge in [-0.2, -0.15) is 10.2 Å². The molecule has 3 atom stereocenters. The molecule has 2 N–H and O–H groups in total. The quantitative estimate of drug-likeness (QED) is 0.663. The predicted octanol–water partition coefficient (Wildman–Crippen LogP) is 2.79. The summed E-state index contributed by atoms with van der Waals surface area (Å²) in [5.41, 5.74) is 0.278. The van der Waals surface area contributed by atoms with Gasteiger partial charge in [-0.25, -0.2) is 0 Å². The van der Waals surface area contributed by atoms with Crippen LogP contribution in [0.1, 0.15) is 49.7 Å².